The van der Waals surface area contributed by atoms with Crippen LogP contribution >= 0.6 is 11.3 Å². The molecule has 3 nitrogen and oxygen atoms in total. The molecule has 1 aromatic carbocycles. The summed E-state index contributed by atoms with van der Waals surface area (Å²) >= 11 is 1.70. The van der Waals surface area contributed by atoms with Crippen molar-refractivity contribution in [2.24, 2.45) is 0 Å². The van der Waals surface area contributed by atoms with E-state index in [1.54, 1.807) is 18.4 Å². The Labute approximate surface area is 106 Å². The summed E-state index contributed by atoms with van der Waals surface area (Å²) in [6, 6.07) is 6.62. The van der Waals surface area contributed by atoms with E-state index in [9.17, 15) is 0 Å². The number of aromatic nitrogens is 1. The van der Waals surface area contributed by atoms with Gasteiger partial charge in [-0.15, -0.1) is 0 Å². The number of ether oxygens (including phenoxy) is 1. The zero-order valence-corrected chi connectivity index (χ0v) is 11.3. The van der Waals surface area contributed by atoms with Crippen molar-refractivity contribution in [2.45, 2.75) is 26.3 Å². The number of para-hydroxylation sites is 1. The predicted octanol–water partition coefficient (Wildman–Crippen LogP) is 3.44. The van der Waals surface area contributed by atoms with Crippen molar-refractivity contribution in [1.29, 1.82) is 0 Å². The van der Waals surface area contributed by atoms with Gasteiger partial charge in [-0.3, -0.25) is 0 Å². The van der Waals surface area contributed by atoms with Crippen molar-refractivity contribution < 1.29 is 4.74 Å². The van der Waals surface area contributed by atoms with Gasteiger partial charge in [0.1, 0.15) is 0 Å². The molecule has 0 bridgehead atoms. The van der Waals surface area contributed by atoms with Gasteiger partial charge >= 0.3 is 0 Å². The van der Waals surface area contributed by atoms with Gasteiger partial charge in [-0.05, 0) is 25.0 Å². The average molecular weight is 250 g/mol. The number of fused-ring (bicyclic) bond motifs is 1. The van der Waals surface area contributed by atoms with E-state index < -0.39 is 0 Å². The molecule has 92 valence electrons. The van der Waals surface area contributed by atoms with Crippen LogP contribution in [0.25, 0.3) is 10.2 Å². The highest BCUT2D eigenvalue weighted by atomic mass is 32.1. The van der Waals surface area contributed by atoms with Crippen molar-refractivity contribution in [1.82, 2.24) is 4.98 Å². The molecule has 0 saturated carbocycles. The highest BCUT2D eigenvalue weighted by Crippen LogP contribution is 2.28. The Morgan fingerprint density at radius 1 is 1.47 bits per heavy atom. The maximum Gasteiger partial charge on any atom is 0.184 e. The molecular formula is C13H18N2OS. The molecule has 0 aliphatic carbocycles. The zero-order chi connectivity index (χ0) is 12.3. The third kappa shape index (κ3) is 2.76. The second-order valence-electron chi connectivity index (χ2n) is 4.15. The molecule has 0 amide bonds. The third-order valence-corrected chi connectivity index (χ3v) is 3.76. The Bertz CT molecular complexity index is 495. The van der Waals surface area contributed by atoms with Gasteiger partial charge in [0.05, 0.1) is 22.9 Å². The van der Waals surface area contributed by atoms with E-state index in [-0.39, 0.29) is 0 Å². The lowest BCUT2D eigenvalue weighted by Crippen LogP contribution is -2.23. The van der Waals surface area contributed by atoms with Gasteiger partial charge in [-0.25, -0.2) is 4.98 Å². The number of nitrogens with zero attached hydrogens (tertiary/aromatic N) is 1. The van der Waals surface area contributed by atoms with E-state index in [4.69, 9.17) is 4.74 Å². The lowest BCUT2D eigenvalue weighted by Gasteiger charge is -2.14. The molecule has 1 atom stereocenters. The standard InChI is InChI=1S/C13H18N2OS/c1-4-10(8-16-3)14-13-15-12-9(2)6-5-7-11(12)17-13/h5-7,10H,4,8H2,1-3H3,(H,14,15). The zero-order valence-electron chi connectivity index (χ0n) is 10.5. The van der Waals surface area contributed by atoms with Crippen molar-refractivity contribution in [3.63, 3.8) is 0 Å². The maximum absolute atomic E-state index is 5.18. The largest absolute Gasteiger partial charge is 0.383 e. The molecule has 4 heteroatoms. The molecule has 0 aliphatic heterocycles. The van der Waals surface area contributed by atoms with Crippen LogP contribution in [-0.4, -0.2) is 24.7 Å². The van der Waals surface area contributed by atoms with Gasteiger partial charge in [0.25, 0.3) is 0 Å². The fraction of sp³-hybridized carbons (Fsp3) is 0.462. The smallest absolute Gasteiger partial charge is 0.184 e. The van der Waals surface area contributed by atoms with E-state index in [1.807, 2.05) is 0 Å². The van der Waals surface area contributed by atoms with E-state index in [2.05, 4.69) is 42.3 Å². The van der Waals surface area contributed by atoms with Crippen molar-refractivity contribution in [3.8, 4) is 0 Å². The molecule has 1 aromatic heterocycles. The third-order valence-electron chi connectivity index (χ3n) is 2.81. The summed E-state index contributed by atoms with van der Waals surface area (Å²) in [5, 5.41) is 4.41. The monoisotopic (exact) mass is 250 g/mol. The molecule has 0 fully saturated rings. The van der Waals surface area contributed by atoms with Crippen molar-refractivity contribution in [3.05, 3.63) is 23.8 Å². The molecule has 1 unspecified atom stereocenters. The van der Waals surface area contributed by atoms with Crippen LogP contribution in [0, 0.1) is 6.92 Å². The van der Waals surface area contributed by atoms with Crippen LogP contribution in [0.5, 0.6) is 0 Å². The van der Waals surface area contributed by atoms with E-state index in [0.717, 1.165) is 17.1 Å². The normalized spacial score (nSPS) is 12.9. The van der Waals surface area contributed by atoms with Crippen LogP contribution in [0.1, 0.15) is 18.9 Å². The fourth-order valence-corrected chi connectivity index (χ4v) is 2.81. The van der Waals surface area contributed by atoms with Crippen LogP contribution in [0.15, 0.2) is 18.2 Å². The molecule has 2 aromatic rings. The topological polar surface area (TPSA) is 34.1 Å². The molecule has 0 radical (unpaired) electrons. The summed E-state index contributed by atoms with van der Waals surface area (Å²) in [5.41, 5.74) is 2.33. The fourth-order valence-electron chi connectivity index (χ4n) is 1.79. The number of methoxy groups -OCH3 is 1. The second-order valence-corrected chi connectivity index (χ2v) is 5.18. The van der Waals surface area contributed by atoms with Crippen LogP contribution in [0.3, 0.4) is 0 Å². The number of hydrogen-bond acceptors (Lipinski definition) is 4. The molecule has 0 saturated heterocycles. The van der Waals surface area contributed by atoms with E-state index in [0.29, 0.717) is 12.6 Å². The minimum Gasteiger partial charge on any atom is -0.383 e. The minimum absolute atomic E-state index is 0.334. The lowest BCUT2D eigenvalue weighted by atomic mass is 10.2. The molecular weight excluding hydrogens is 232 g/mol. The average Bonchev–Trinajstić information content (AvgIpc) is 2.72. The molecule has 17 heavy (non-hydrogen) atoms. The number of hydrogen-bond donors (Lipinski definition) is 1. The molecule has 0 aliphatic rings. The number of benzene rings is 1. The number of thiazole rings is 1. The van der Waals surface area contributed by atoms with Crippen LogP contribution in [0.4, 0.5) is 5.13 Å². The highest BCUT2D eigenvalue weighted by molar-refractivity contribution is 7.22. The summed E-state index contributed by atoms with van der Waals surface area (Å²) < 4.78 is 6.42. The Kier molecular flexibility index (Phi) is 3.97. The van der Waals surface area contributed by atoms with E-state index >= 15 is 0 Å². The molecule has 1 heterocycles. The number of nitrogens with one attached hydrogen (secondary N) is 1. The first kappa shape index (κ1) is 12.3. The Balaban J connectivity index is 2.21. The predicted molar refractivity (Wildman–Crippen MR) is 73.9 cm³/mol. The minimum atomic E-state index is 0.334. The molecule has 0 spiro atoms. The summed E-state index contributed by atoms with van der Waals surface area (Å²) in [6.45, 7) is 4.96. The Hall–Kier alpha value is -1.13. The van der Waals surface area contributed by atoms with Crippen LogP contribution < -0.4 is 5.32 Å². The van der Waals surface area contributed by atoms with Crippen molar-refractivity contribution >= 4 is 26.7 Å². The quantitative estimate of drug-likeness (QED) is 0.882. The van der Waals surface area contributed by atoms with Gasteiger partial charge in [-0.1, -0.05) is 30.4 Å². The number of aryl methyl sites for hydroxylation is 1. The van der Waals surface area contributed by atoms with Gasteiger partial charge in [0.15, 0.2) is 5.13 Å². The van der Waals surface area contributed by atoms with Crippen molar-refractivity contribution in [2.75, 3.05) is 19.0 Å². The first-order valence-corrected chi connectivity index (χ1v) is 6.68. The van der Waals surface area contributed by atoms with Crippen LogP contribution in [0.2, 0.25) is 0 Å². The number of rotatable bonds is 5. The molecule has 1 N–H and O–H groups in total. The summed E-state index contributed by atoms with van der Waals surface area (Å²) in [6.07, 6.45) is 1.03. The first-order valence-electron chi connectivity index (χ1n) is 5.86. The second kappa shape index (κ2) is 5.47. The summed E-state index contributed by atoms with van der Waals surface area (Å²) in [5.74, 6) is 0. The number of anilines is 1. The van der Waals surface area contributed by atoms with Crippen LogP contribution in [-0.2, 0) is 4.74 Å². The first-order chi connectivity index (χ1) is 8.24. The van der Waals surface area contributed by atoms with E-state index in [1.165, 1.54) is 10.3 Å². The summed E-state index contributed by atoms with van der Waals surface area (Å²) in [7, 11) is 1.73. The lowest BCUT2D eigenvalue weighted by molar-refractivity contribution is 0.184. The molecule has 2 rings (SSSR count). The van der Waals surface area contributed by atoms with Gasteiger partial charge in [0.2, 0.25) is 0 Å². The van der Waals surface area contributed by atoms with Gasteiger partial charge < -0.3 is 10.1 Å². The maximum atomic E-state index is 5.18. The van der Waals surface area contributed by atoms with Gasteiger partial charge in [0, 0.05) is 7.11 Å². The van der Waals surface area contributed by atoms with Gasteiger partial charge in [-0.2, -0.15) is 0 Å². The Morgan fingerprint density at radius 2 is 2.29 bits per heavy atom. The SMILES string of the molecule is CCC(COC)Nc1nc2c(C)cccc2s1. The highest BCUT2D eigenvalue weighted by Gasteiger charge is 2.10. The Morgan fingerprint density at radius 3 is 2.94 bits per heavy atom. The summed E-state index contributed by atoms with van der Waals surface area (Å²) in [4.78, 5) is 4.63.